The summed E-state index contributed by atoms with van der Waals surface area (Å²) in [7, 11) is 0. The van der Waals surface area contributed by atoms with Crippen molar-refractivity contribution in [3.05, 3.63) is 0 Å². The maximum atomic E-state index is 11.1. The monoisotopic (exact) mass is 148 g/mol. The van der Waals surface area contributed by atoms with Crippen LogP contribution in [-0.4, -0.2) is 5.78 Å². The molecule has 0 N–H and O–H groups in total. The molecular formula is C10H12O. The second-order valence-electron chi connectivity index (χ2n) is 3.65. The predicted molar refractivity (Wildman–Crippen MR) is 42.8 cm³/mol. The number of fused-ring (bicyclic) bond motifs is 1. The second-order valence-corrected chi connectivity index (χ2v) is 3.65. The molecule has 0 bridgehead atoms. The van der Waals surface area contributed by atoms with Gasteiger partial charge in [0.15, 0.2) is 0 Å². The molecule has 2 fully saturated rings. The average molecular weight is 148 g/mol. The van der Waals surface area contributed by atoms with E-state index in [0.717, 1.165) is 0 Å². The van der Waals surface area contributed by atoms with E-state index in [9.17, 15) is 4.79 Å². The number of carbonyl (C=O) groups excluding carboxylic acids is 1. The summed E-state index contributed by atoms with van der Waals surface area (Å²) in [6, 6.07) is 0. The molecular weight excluding hydrogens is 136 g/mol. The molecule has 2 unspecified atom stereocenters. The molecule has 0 heterocycles. The quantitative estimate of drug-likeness (QED) is 0.408. The van der Waals surface area contributed by atoms with Gasteiger partial charge in [0, 0.05) is 5.92 Å². The van der Waals surface area contributed by atoms with Gasteiger partial charge in [-0.05, 0) is 30.6 Å². The van der Waals surface area contributed by atoms with Gasteiger partial charge in [0.2, 0.25) is 5.78 Å². The first kappa shape index (κ1) is 6.91. The molecule has 2 aliphatic carbocycles. The molecule has 1 nitrogen and oxygen atoms in total. The zero-order valence-corrected chi connectivity index (χ0v) is 6.55. The molecule has 2 saturated carbocycles. The molecule has 0 spiro atoms. The average Bonchev–Trinajstić information content (AvgIpc) is 2.77. The van der Waals surface area contributed by atoms with Crippen molar-refractivity contribution in [1.82, 2.24) is 0 Å². The largest absolute Gasteiger partial charge is 0.285 e. The molecule has 2 rings (SSSR count). The lowest BCUT2D eigenvalue weighted by Gasteiger charge is -2.04. The van der Waals surface area contributed by atoms with Gasteiger partial charge >= 0.3 is 0 Å². The maximum Gasteiger partial charge on any atom is 0.208 e. The Labute approximate surface area is 67.2 Å². The molecule has 0 aliphatic heterocycles. The summed E-state index contributed by atoms with van der Waals surface area (Å²) in [5, 5.41) is 0. The SMILES string of the molecule is C#CC(=O)C1C2CCCCC21. The Hall–Kier alpha value is -0.770. The van der Waals surface area contributed by atoms with Crippen molar-refractivity contribution in [1.29, 1.82) is 0 Å². The zero-order valence-electron chi connectivity index (χ0n) is 6.55. The zero-order chi connectivity index (χ0) is 7.84. The van der Waals surface area contributed by atoms with Crippen molar-refractivity contribution in [2.24, 2.45) is 17.8 Å². The summed E-state index contributed by atoms with van der Waals surface area (Å²) < 4.78 is 0. The van der Waals surface area contributed by atoms with Crippen LogP contribution in [0.4, 0.5) is 0 Å². The van der Waals surface area contributed by atoms with Gasteiger partial charge in [-0.15, -0.1) is 6.42 Å². The van der Waals surface area contributed by atoms with Crippen LogP contribution in [0, 0.1) is 30.1 Å². The highest BCUT2D eigenvalue weighted by Crippen LogP contribution is 2.55. The molecule has 0 amide bonds. The number of hydrogen-bond acceptors (Lipinski definition) is 1. The number of terminal acetylenes is 1. The highest BCUT2D eigenvalue weighted by atomic mass is 16.1. The number of hydrogen-bond donors (Lipinski definition) is 0. The number of carbonyl (C=O) groups is 1. The molecule has 2 aliphatic rings. The summed E-state index contributed by atoms with van der Waals surface area (Å²) >= 11 is 0. The first-order valence-corrected chi connectivity index (χ1v) is 4.35. The van der Waals surface area contributed by atoms with Crippen LogP contribution in [-0.2, 0) is 4.79 Å². The van der Waals surface area contributed by atoms with E-state index in [1.54, 1.807) is 0 Å². The Bertz CT molecular complexity index is 212. The van der Waals surface area contributed by atoms with Gasteiger partial charge in [0.05, 0.1) is 0 Å². The first-order chi connectivity index (χ1) is 5.34. The number of ketones is 1. The fraction of sp³-hybridized carbons (Fsp3) is 0.700. The molecule has 0 aromatic rings. The molecule has 0 aromatic carbocycles. The highest BCUT2D eigenvalue weighted by Gasteiger charge is 2.53. The van der Waals surface area contributed by atoms with Crippen LogP contribution >= 0.6 is 0 Å². The van der Waals surface area contributed by atoms with Crippen molar-refractivity contribution < 1.29 is 4.79 Å². The Kier molecular flexibility index (Phi) is 1.49. The minimum absolute atomic E-state index is 0.0573. The lowest BCUT2D eigenvalue weighted by Crippen LogP contribution is -1.97. The number of rotatable bonds is 1. The van der Waals surface area contributed by atoms with E-state index in [4.69, 9.17) is 6.42 Å². The number of Topliss-reactive ketones (excluding diaryl/α,β-unsaturated/α-hetero) is 1. The minimum atomic E-state index is 0.0573. The van der Waals surface area contributed by atoms with Crippen LogP contribution in [0.2, 0.25) is 0 Å². The molecule has 58 valence electrons. The minimum Gasteiger partial charge on any atom is -0.285 e. The topological polar surface area (TPSA) is 17.1 Å². The Morgan fingerprint density at radius 1 is 1.27 bits per heavy atom. The third kappa shape index (κ3) is 0.976. The third-order valence-corrected chi connectivity index (χ3v) is 3.10. The van der Waals surface area contributed by atoms with Crippen LogP contribution in [0.1, 0.15) is 25.7 Å². The molecule has 0 aromatic heterocycles. The summed E-state index contributed by atoms with van der Waals surface area (Å²) in [4.78, 5) is 11.1. The van der Waals surface area contributed by atoms with Gasteiger partial charge in [0.1, 0.15) is 0 Å². The first-order valence-electron chi connectivity index (χ1n) is 4.35. The van der Waals surface area contributed by atoms with Crippen molar-refractivity contribution in [2.45, 2.75) is 25.7 Å². The van der Waals surface area contributed by atoms with Gasteiger partial charge in [0.25, 0.3) is 0 Å². The Morgan fingerprint density at radius 3 is 2.27 bits per heavy atom. The van der Waals surface area contributed by atoms with Gasteiger partial charge < -0.3 is 0 Å². The van der Waals surface area contributed by atoms with E-state index >= 15 is 0 Å². The Balaban J connectivity index is 2.01. The van der Waals surface area contributed by atoms with Gasteiger partial charge in [-0.2, -0.15) is 0 Å². The fourth-order valence-corrected chi connectivity index (χ4v) is 2.48. The van der Waals surface area contributed by atoms with Crippen molar-refractivity contribution >= 4 is 5.78 Å². The van der Waals surface area contributed by atoms with E-state index in [1.165, 1.54) is 25.7 Å². The summed E-state index contributed by atoms with van der Waals surface area (Å²) in [5.41, 5.74) is 0. The Morgan fingerprint density at radius 2 is 1.82 bits per heavy atom. The van der Waals surface area contributed by atoms with Crippen LogP contribution in [0.25, 0.3) is 0 Å². The fourth-order valence-electron chi connectivity index (χ4n) is 2.48. The van der Waals surface area contributed by atoms with Crippen LogP contribution in [0.3, 0.4) is 0 Å². The van der Waals surface area contributed by atoms with Crippen LogP contribution in [0.15, 0.2) is 0 Å². The van der Waals surface area contributed by atoms with E-state index in [1.807, 2.05) is 0 Å². The molecule has 0 saturated heterocycles. The van der Waals surface area contributed by atoms with Crippen molar-refractivity contribution in [2.75, 3.05) is 0 Å². The maximum absolute atomic E-state index is 11.1. The molecule has 2 atom stereocenters. The lowest BCUT2D eigenvalue weighted by molar-refractivity contribution is -0.115. The van der Waals surface area contributed by atoms with Crippen LogP contribution in [0.5, 0.6) is 0 Å². The lowest BCUT2D eigenvalue weighted by atomic mass is 10.0. The predicted octanol–water partition coefficient (Wildman–Crippen LogP) is 1.62. The summed E-state index contributed by atoms with van der Waals surface area (Å²) in [6.07, 6.45) is 10.1. The van der Waals surface area contributed by atoms with Crippen LogP contribution < -0.4 is 0 Å². The molecule has 0 radical (unpaired) electrons. The van der Waals surface area contributed by atoms with Crippen molar-refractivity contribution in [3.63, 3.8) is 0 Å². The summed E-state index contributed by atoms with van der Waals surface area (Å²) in [6.45, 7) is 0. The van der Waals surface area contributed by atoms with E-state index < -0.39 is 0 Å². The van der Waals surface area contributed by atoms with Gasteiger partial charge in [-0.3, -0.25) is 4.79 Å². The second kappa shape index (κ2) is 2.37. The van der Waals surface area contributed by atoms with Crippen molar-refractivity contribution in [3.8, 4) is 12.3 Å². The highest BCUT2D eigenvalue weighted by molar-refractivity contribution is 5.99. The standard InChI is InChI=1S/C10H12O/c1-2-9(11)10-7-5-3-4-6-8(7)10/h1,7-8,10H,3-6H2. The van der Waals surface area contributed by atoms with E-state index in [-0.39, 0.29) is 11.7 Å². The smallest absolute Gasteiger partial charge is 0.208 e. The van der Waals surface area contributed by atoms with E-state index in [0.29, 0.717) is 11.8 Å². The van der Waals surface area contributed by atoms with Gasteiger partial charge in [-0.25, -0.2) is 0 Å². The third-order valence-electron chi connectivity index (χ3n) is 3.10. The summed E-state index contributed by atoms with van der Waals surface area (Å²) in [5.74, 6) is 3.91. The molecule has 1 heteroatoms. The van der Waals surface area contributed by atoms with E-state index in [2.05, 4.69) is 5.92 Å². The molecule has 11 heavy (non-hydrogen) atoms. The van der Waals surface area contributed by atoms with Gasteiger partial charge in [-0.1, -0.05) is 12.8 Å². The normalized spacial score (nSPS) is 40.5.